The molecule has 168 valence electrons. The zero-order valence-corrected chi connectivity index (χ0v) is 18.6. The first-order chi connectivity index (χ1) is 16.7. The SMILES string of the molecule is O=C(Nc1ccc2c(c1)nc(-c1ccccc1)n2CCCc1ccccc1)c1ccccc1F. The van der Waals surface area contributed by atoms with Crippen molar-refractivity contribution in [2.75, 3.05) is 5.32 Å². The van der Waals surface area contributed by atoms with E-state index in [4.69, 9.17) is 4.98 Å². The highest BCUT2D eigenvalue weighted by molar-refractivity contribution is 6.05. The number of carbonyl (C=O) groups excluding carboxylic acids is 1. The van der Waals surface area contributed by atoms with Crippen LogP contribution in [0.1, 0.15) is 22.3 Å². The molecule has 0 atom stereocenters. The summed E-state index contributed by atoms with van der Waals surface area (Å²) in [5.41, 5.74) is 4.72. The summed E-state index contributed by atoms with van der Waals surface area (Å²) in [4.78, 5) is 17.5. The van der Waals surface area contributed by atoms with Crippen molar-refractivity contribution < 1.29 is 9.18 Å². The number of benzene rings is 4. The van der Waals surface area contributed by atoms with Crippen LogP contribution in [0.2, 0.25) is 0 Å². The number of anilines is 1. The van der Waals surface area contributed by atoms with Crippen LogP contribution >= 0.6 is 0 Å². The molecule has 5 rings (SSSR count). The molecule has 0 saturated carbocycles. The van der Waals surface area contributed by atoms with Gasteiger partial charge in [0, 0.05) is 17.8 Å². The van der Waals surface area contributed by atoms with Crippen LogP contribution in [0.25, 0.3) is 22.4 Å². The number of carbonyl (C=O) groups is 1. The molecule has 4 nitrogen and oxygen atoms in total. The lowest BCUT2D eigenvalue weighted by molar-refractivity contribution is 0.102. The Morgan fingerprint density at radius 1 is 0.853 bits per heavy atom. The van der Waals surface area contributed by atoms with Crippen LogP contribution in [0, 0.1) is 5.82 Å². The average Bonchev–Trinajstić information content (AvgIpc) is 3.23. The zero-order chi connectivity index (χ0) is 23.3. The molecule has 0 spiro atoms. The van der Waals surface area contributed by atoms with Crippen LogP contribution in [0.15, 0.2) is 103 Å². The summed E-state index contributed by atoms with van der Waals surface area (Å²) < 4.78 is 16.2. The van der Waals surface area contributed by atoms with Gasteiger partial charge < -0.3 is 9.88 Å². The minimum absolute atomic E-state index is 0.0130. The second-order valence-electron chi connectivity index (χ2n) is 8.18. The van der Waals surface area contributed by atoms with Crippen molar-refractivity contribution in [3.8, 4) is 11.4 Å². The van der Waals surface area contributed by atoms with Crippen molar-refractivity contribution in [3.63, 3.8) is 0 Å². The number of nitrogens with zero attached hydrogens (tertiary/aromatic N) is 2. The van der Waals surface area contributed by atoms with Crippen molar-refractivity contribution in [3.05, 3.63) is 120 Å². The van der Waals surface area contributed by atoms with Crippen LogP contribution in [-0.2, 0) is 13.0 Å². The molecule has 1 heterocycles. The van der Waals surface area contributed by atoms with Gasteiger partial charge in [-0.1, -0.05) is 72.8 Å². The van der Waals surface area contributed by atoms with E-state index >= 15 is 0 Å². The summed E-state index contributed by atoms with van der Waals surface area (Å²) in [6.45, 7) is 0.816. The predicted molar refractivity (Wildman–Crippen MR) is 134 cm³/mol. The third-order valence-electron chi connectivity index (χ3n) is 5.85. The molecule has 34 heavy (non-hydrogen) atoms. The number of rotatable bonds is 7. The summed E-state index contributed by atoms with van der Waals surface area (Å²) in [5, 5.41) is 2.80. The van der Waals surface area contributed by atoms with Gasteiger partial charge in [-0.25, -0.2) is 9.37 Å². The van der Waals surface area contributed by atoms with Gasteiger partial charge in [0.15, 0.2) is 0 Å². The number of halogens is 1. The maximum absolute atomic E-state index is 14.0. The first kappa shape index (κ1) is 21.6. The fraction of sp³-hybridized carbons (Fsp3) is 0.103. The van der Waals surface area contributed by atoms with Crippen LogP contribution in [0.5, 0.6) is 0 Å². The second kappa shape index (κ2) is 9.71. The summed E-state index contributed by atoms with van der Waals surface area (Å²) in [6, 6.07) is 32.2. The van der Waals surface area contributed by atoms with E-state index in [1.54, 1.807) is 12.1 Å². The Balaban J connectivity index is 1.45. The number of hydrogen-bond donors (Lipinski definition) is 1. The highest BCUT2D eigenvalue weighted by atomic mass is 19.1. The van der Waals surface area contributed by atoms with Crippen LogP contribution in [-0.4, -0.2) is 15.5 Å². The normalized spacial score (nSPS) is 11.0. The molecular weight excluding hydrogens is 425 g/mol. The van der Waals surface area contributed by atoms with Gasteiger partial charge >= 0.3 is 0 Å². The highest BCUT2D eigenvalue weighted by Gasteiger charge is 2.15. The molecule has 0 unspecified atom stereocenters. The minimum atomic E-state index is -0.546. The minimum Gasteiger partial charge on any atom is -0.324 e. The van der Waals surface area contributed by atoms with Crippen molar-refractivity contribution >= 4 is 22.6 Å². The second-order valence-corrected chi connectivity index (χ2v) is 8.18. The van der Waals surface area contributed by atoms with E-state index in [1.165, 1.54) is 17.7 Å². The Morgan fingerprint density at radius 3 is 2.32 bits per heavy atom. The Bertz CT molecular complexity index is 1430. The number of aromatic nitrogens is 2. The number of amides is 1. The molecule has 0 aliphatic carbocycles. The quantitative estimate of drug-likeness (QED) is 0.300. The van der Waals surface area contributed by atoms with Crippen molar-refractivity contribution in [2.45, 2.75) is 19.4 Å². The molecule has 0 bridgehead atoms. The lowest BCUT2D eigenvalue weighted by atomic mass is 10.1. The molecule has 1 N–H and O–H groups in total. The largest absolute Gasteiger partial charge is 0.324 e. The highest BCUT2D eigenvalue weighted by Crippen LogP contribution is 2.28. The van der Waals surface area contributed by atoms with Crippen LogP contribution in [0.3, 0.4) is 0 Å². The molecule has 0 fully saturated rings. The van der Waals surface area contributed by atoms with Gasteiger partial charge in [-0.05, 0) is 48.7 Å². The van der Waals surface area contributed by atoms with Gasteiger partial charge in [-0.2, -0.15) is 0 Å². The maximum Gasteiger partial charge on any atom is 0.258 e. The molecule has 5 aromatic rings. The van der Waals surface area contributed by atoms with Gasteiger partial charge in [0.2, 0.25) is 0 Å². The fourth-order valence-corrected chi connectivity index (χ4v) is 4.17. The molecule has 0 aliphatic heterocycles. The molecule has 4 aromatic carbocycles. The third kappa shape index (κ3) is 4.59. The topological polar surface area (TPSA) is 46.9 Å². The van der Waals surface area contributed by atoms with E-state index in [1.807, 2.05) is 42.5 Å². The van der Waals surface area contributed by atoms with E-state index < -0.39 is 11.7 Å². The van der Waals surface area contributed by atoms with Crippen LogP contribution < -0.4 is 5.32 Å². The van der Waals surface area contributed by atoms with Gasteiger partial charge in [0.1, 0.15) is 11.6 Å². The van der Waals surface area contributed by atoms with Gasteiger partial charge in [-0.3, -0.25) is 4.79 Å². The number of aryl methyl sites for hydroxylation is 2. The van der Waals surface area contributed by atoms with E-state index in [-0.39, 0.29) is 5.56 Å². The monoisotopic (exact) mass is 449 g/mol. The van der Waals surface area contributed by atoms with Crippen LogP contribution in [0.4, 0.5) is 10.1 Å². The molecule has 1 amide bonds. The Hall–Kier alpha value is -4.25. The lowest BCUT2D eigenvalue weighted by Gasteiger charge is -2.10. The zero-order valence-electron chi connectivity index (χ0n) is 18.6. The fourth-order valence-electron chi connectivity index (χ4n) is 4.17. The molecule has 0 radical (unpaired) electrons. The van der Waals surface area contributed by atoms with E-state index in [9.17, 15) is 9.18 Å². The molecule has 0 aliphatic rings. The van der Waals surface area contributed by atoms with Gasteiger partial charge in [-0.15, -0.1) is 0 Å². The Labute approximate surface area is 197 Å². The summed E-state index contributed by atoms with van der Waals surface area (Å²) in [5.74, 6) is -0.139. The van der Waals surface area contributed by atoms with E-state index in [2.05, 4.69) is 46.3 Å². The lowest BCUT2D eigenvalue weighted by Crippen LogP contribution is -2.13. The number of nitrogens with one attached hydrogen (secondary N) is 1. The molecular formula is C29H24FN3O. The summed E-state index contributed by atoms with van der Waals surface area (Å²) >= 11 is 0. The number of fused-ring (bicyclic) bond motifs is 1. The van der Waals surface area contributed by atoms with Gasteiger partial charge in [0.05, 0.1) is 16.6 Å². The molecule has 0 saturated heterocycles. The smallest absolute Gasteiger partial charge is 0.258 e. The number of hydrogen-bond acceptors (Lipinski definition) is 2. The van der Waals surface area contributed by atoms with E-state index in [0.717, 1.165) is 41.8 Å². The Morgan fingerprint density at radius 2 is 1.56 bits per heavy atom. The maximum atomic E-state index is 14.0. The molecule has 1 aromatic heterocycles. The van der Waals surface area contributed by atoms with Crippen molar-refractivity contribution in [2.24, 2.45) is 0 Å². The predicted octanol–water partition coefficient (Wildman–Crippen LogP) is 6.73. The van der Waals surface area contributed by atoms with E-state index in [0.29, 0.717) is 5.69 Å². The first-order valence-corrected chi connectivity index (χ1v) is 11.3. The Kier molecular flexibility index (Phi) is 6.17. The van der Waals surface area contributed by atoms with Crippen molar-refractivity contribution in [1.82, 2.24) is 9.55 Å². The number of imidazole rings is 1. The standard InChI is InChI=1S/C29H24FN3O/c30-25-16-8-7-15-24(25)29(34)31-23-17-18-27-26(20-23)32-28(22-13-5-2-6-14-22)33(27)19-9-12-21-10-3-1-4-11-21/h1-8,10-11,13-18,20H,9,12,19H2,(H,31,34). The van der Waals surface area contributed by atoms with Gasteiger partial charge in [0.25, 0.3) is 5.91 Å². The molecule has 5 heteroatoms. The summed E-state index contributed by atoms with van der Waals surface area (Å²) in [6.07, 6.45) is 1.95. The first-order valence-electron chi connectivity index (χ1n) is 11.3. The average molecular weight is 450 g/mol. The third-order valence-corrected chi connectivity index (χ3v) is 5.85. The summed E-state index contributed by atoms with van der Waals surface area (Å²) in [7, 11) is 0. The van der Waals surface area contributed by atoms with Crippen molar-refractivity contribution in [1.29, 1.82) is 0 Å².